The van der Waals surface area contributed by atoms with Crippen LogP contribution in [0.15, 0.2) is 59.1 Å². The molecule has 0 saturated carbocycles. The van der Waals surface area contributed by atoms with E-state index in [1.807, 2.05) is 42.5 Å². The van der Waals surface area contributed by atoms with Crippen molar-refractivity contribution in [3.63, 3.8) is 0 Å². The zero-order valence-corrected chi connectivity index (χ0v) is 15.7. The molecule has 132 valence electrons. The predicted molar refractivity (Wildman–Crippen MR) is 101 cm³/mol. The molecular formula is C20H18BrN3O2. The number of fused-ring (bicyclic) bond motifs is 3. The van der Waals surface area contributed by atoms with Crippen LogP contribution in [0.1, 0.15) is 18.0 Å². The number of carbonyl (C=O) groups is 2. The van der Waals surface area contributed by atoms with Gasteiger partial charge in [0, 0.05) is 17.6 Å². The van der Waals surface area contributed by atoms with Crippen molar-refractivity contribution in [2.45, 2.75) is 18.5 Å². The van der Waals surface area contributed by atoms with Gasteiger partial charge < -0.3 is 0 Å². The van der Waals surface area contributed by atoms with Gasteiger partial charge in [-0.25, -0.2) is 14.9 Å². The molecule has 2 amide bonds. The second kappa shape index (κ2) is 6.01. The summed E-state index contributed by atoms with van der Waals surface area (Å²) in [5.41, 5.74) is 1.73. The van der Waals surface area contributed by atoms with Crippen molar-refractivity contribution in [3.8, 4) is 0 Å². The largest absolute Gasteiger partial charge is 0.274 e. The van der Waals surface area contributed by atoms with Gasteiger partial charge in [0.15, 0.2) is 0 Å². The normalized spacial score (nSPS) is 28.7. The van der Waals surface area contributed by atoms with Gasteiger partial charge in [0.25, 0.3) is 5.91 Å². The fraction of sp³-hybridized carbons (Fsp3) is 0.300. The van der Waals surface area contributed by atoms with E-state index in [1.165, 1.54) is 4.90 Å². The third kappa shape index (κ3) is 2.16. The van der Waals surface area contributed by atoms with Gasteiger partial charge in [-0.1, -0.05) is 42.5 Å². The zero-order chi connectivity index (χ0) is 17.8. The molecular weight excluding hydrogens is 394 g/mol. The van der Waals surface area contributed by atoms with Crippen LogP contribution in [0.4, 0.5) is 5.69 Å². The summed E-state index contributed by atoms with van der Waals surface area (Å²) in [5, 5.41) is 4.36. The lowest BCUT2D eigenvalue weighted by Crippen LogP contribution is -2.44. The first-order chi connectivity index (χ1) is 12.7. The minimum absolute atomic E-state index is 0.0763. The van der Waals surface area contributed by atoms with Crippen LogP contribution in [-0.2, 0) is 9.59 Å². The van der Waals surface area contributed by atoms with E-state index in [0.717, 1.165) is 29.5 Å². The highest BCUT2D eigenvalue weighted by molar-refractivity contribution is 9.10. The Labute approximate surface area is 160 Å². The van der Waals surface area contributed by atoms with Crippen molar-refractivity contribution in [1.29, 1.82) is 0 Å². The van der Waals surface area contributed by atoms with E-state index in [9.17, 15) is 9.59 Å². The molecule has 5 rings (SSSR count). The third-order valence-electron chi connectivity index (χ3n) is 5.64. The highest BCUT2D eigenvalue weighted by Gasteiger charge is 2.62. The Balaban J connectivity index is 1.61. The molecule has 0 aliphatic carbocycles. The fourth-order valence-corrected chi connectivity index (χ4v) is 5.10. The summed E-state index contributed by atoms with van der Waals surface area (Å²) in [6.07, 6.45) is 1.02. The van der Waals surface area contributed by atoms with Crippen LogP contribution in [0.2, 0.25) is 0 Å². The quantitative estimate of drug-likeness (QED) is 0.712. The van der Waals surface area contributed by atoms with Crippen molar-refractivity contribution < 1.29 is 9.59 Å². The Bertz CT molecular complexity index is 888. The maximum Gasteiger partial charge on any atom is 0.253 e. The molecule has 3 heterocycles. The third-order valence-corrected chi connectivity index (χ3v) is 6.31. The minimum Gasteiger partial charge on any atom is -0.274 e. The van der Waals surface area contributed by atoms with E-state index in [-0.39, 0.29) is 23.8 Å². The van der Waals surface area contributed by atoms with Crippen LogP contribution in [0, 0.1) is 5.92 Å². The van der Waals surface area contributed by atoms with Crippen LogP contribution in [0.25, 0.3) is 0 Å². The Hall–Kier alpha value is -2.02. The number of hydrogen-bond donors (Lipinski definition) is 0. The van der Waals surface area contributed by atoms with Gasteiger partial charge in [0.05, 0.1) is 17.6 Å². The molecule has 0 unspecified atom stereocenters. The summed E-state index contributed by atoms with van der Waals surface area (Å²) in [5.74, 6) is -0.579. The first-order valence-corrected chi connectivity index (χ1v) is 9.68. The van der Waals surface area contributed by atoms with E-state index in [1.54, 1.807) is 0 Å². The predicted octanol–water partition coefficient (Wildman–Crippen LogP) is 2.98. The minimum atomic E-state index is -0.401. The number of benzene rings is 2. The zero-order valence-electron chi connectivity index (χ0n) is 14.1. The number of carbonyl (C=O) groups excluding carboxylic acids is 2. The maximum atomic E-state index is 13.4. The molecule has 26 heavy (non-hydrogen) atoms. The van der Waals surface area contributed by atoms with E-state index in [4.69, 9.17) is 0 Å². The van der Waals surface area contributed by atoms with Crippen molar-refractivity contribution in [2.24, 2.45) is 5.92 Å². The van der Waals surface area contributed by atoms with Gasteiger partial charge in [0.1, 0.15) is 6.04 Å². The number of nitrogens with zero attached hydrogens (tertiary/aromatic N) is 3. The summed E-state index contributed by atoms with van der Waals surface area (Å²) in [6, 6.07) is 17.0. The first kappa shape index (κ1) is 16.2. The van der Waals surface area contributed by atoms with Gasteiger partial charge in [-0.15, -0.1) is 0 Å². The average Bonchev–Trinajstić information content (AvgIpc) is 3.29. The molecule has 3 atom stereocenters. The number of halogens is 1. The number of rotatable bonds is 2. The van der Waals surface area contributed by atoms with Crippen LogP contribution in [-0.4, -0.2) is 41.0 Å². The average molecular weight is 412 g/mol. The molecule has 2 aromatic rings. The van der Waals surface area contributed by atoms with Gasteiger partial charge in [-0.3, -0.25) is 9.59 Å². The Kier molecular flexibility index (Phi) is 3.74. The molecule has 3 aliphatic heterocycles. The molecule has 3 fully saturated rings. The second-order valence-corrected chi connectivity index (χ2v) is 7.82. The van der Waals surface area contributed by atoms with Gasteiger partial charge in [0.2, 0.25) is 5.91 Å². The molecule has 0 bridgehead atoms. The molecule has 3 saturated heterocycles. The van der Waals surface area contributed by atoms with Crippen molar-refractivity contribution >= 4 is 33.4 Å². The molecule has 3 aliphatic rings. The number of hydrogen-bond acceptors (Lipinski definition) is 4. The summed E-state index contributed by atoms with van der Waals surface area (Å²) in [7, 11) is 0. The molecule has 0 spiro atoms. The highest BCUT2D eigenvalue weighted by atomic mass is 79.9. The van der Waals surface area contributed by atoms with Gasteiger partial charge in [-0.05, 0) is 40.0 Å². The van der Waals surface area contributed by atoms with Crippen LogP contribution in [0.5, 0.6) is 0 Å². The molecule has 6 heteroatoms. The van der Waals surface area contributed by atoms with Crippen LogP contribution < -0.4 is 4.90 Å². The van der Waals surface area contributed by atoms with Gasteiger partial charge in [-0.2, -0.15) is 0 Å². The summed E-state index contributed by atoms with van der Waals surface area (Å²) in [6.45, 7) is 1.72. The van der Waals surface area contributed by atoms with Crippen molar-refractivity contribution in [3.05, 3.63) is 64.6 Å². The van der Waals surface area contributed by atoms with Crippen LogP contribution in [0.3, 0.4) is 0 Å². The summed E-state index contributed by atoms with van der Waals surface area (Å²) < 4.78 is 0.760. The lowest BCUT2D eigenvalue weighted by molar-refractivity contribution is -0.126. The van der Waals surface area contributed by atoms with E-state index in [2.05, 4.69) is 38.1 Å². The topological polar surface area (TPSA) is 43.9 Å². The number of hydrazine groups is 1. The second-order valence-electron chi connectivity index (χ2n) is 6.97. The fourth-order valence-electron chi connectivity index (χ4n) is 4.63. The van der Waals surface area contributed by atoms with E-state index >= 15 is 0 Å². The molecule has 0 radical (unpaired) electrons. The smallest absolute Gasteiger partial charge is 0.253 e. The number of imide groups is 1. The molecule has 5 nitrogen and oxygen atoms in total. The van der Waals surface area contributed by atoms with Crippen LogP contribution >= 0.6 is 15.9 Å². The molecule has 0 N–H and O–H groups in total. The molecule has 2 aromatic carbocycles. The molecule has 0 aromatic heterocycles. The van der Waals surface area contributed by atoms with Crippen molar-refractivity contribution in [1.82, 2.24) is 10.0 Å². The lowest BCUT2D eigenvalue weighted by Gasteiger charge is -2.30. The van der Waals surface area contributed by atoms with Crippen molar-refractivity contribution in [2.75, 3.05) is 18.0 Å². The summed E-state index contributed by atoms with van der Waals surface area (Å²) >= 11 is 3.49. The SMILES string of the molecule is O=C1[C@@H]2[C@@H](C(=O)N1c1ccccc1Br)N1CCCN1[C@H]2c1ccccc1. The lowest BCUT2D eigenvalue weighted by atomic mass is 9.90. The standard InChI is InChI=1S/C20H18BrN3O2/c21-14-9-4-5-10-15(14)24-19(25)16-17(13-7-2-1-3-8-13)22-11-6-12-23(22)18(16)20(24)26/h1-5,7-10,16-18H,6,11-12H2/t16-,17-,18-/m0/s1. The Morgan fingerprint density at radius 2 is 1.46 bits per heavy atom. The number of para-hydroxylation sites is 1. The van der Waals surface area contributed by atoms with E-state index < -0.39 is 6.04 Å². The first-order valence-electron chi connectivity index (χ1n) is 8.89. The Morgan fingerprint density at radius 1 is 0.808 bits per heavy atom. The number of amides is 2. The Morgan fingerprint density at radius 3 is 2.19 bits per heavy atom. The van der Waals surface area contributed by atoms with Gasteiger partial charge >= 0.3 is 0 Å². The van der Waals surface area contributed by atoms with E-state index in [0.29, 0.717) is 5.69 Å². The summed E-state index contributed by atoms with van der Waals surface area (Å²) in [4.78, 5) is 28.1. The maximum absolute atomic E-state index is 13.4. The highest BCUT2D eigenvalue weighted by Crippen LogP contribution is 2.49. The number of anilines is 1. The monoisotopic (exact) mass is 411 g/mol.